The zero-order chi connectivity index (χ0) is 22.1. The molecule has 2 aromatic rings. The van der Waals surface area contributed by atoms with E-state index in [1.54, 1.807) is 0 Å². The van der Waals surface area contributed by atoms with Crippen molar-refractivity contribution in [1.82, 2.24) is 9.62 Å². The van der Waals surface area contributed by atoms with Gasteiger partial charge in [-0.2, -0.15) is 4.31 Å². The summed E-state index contributed by atoms with van der Waals surface area (Å²) >= 11 is 5.85. The Labute approximate surface area is 188 Å². The number of nitrogens with zero attached hydrogens (tertiary/aromatic N) is 1. The molecule has 1 saturated carbocycles. The molecular formula is C23H27ClN2O4S. The van der Waals surface area contributed by atoms with E-state index in [4.69, 9.17) is 16.3 Å². The van der Waals surface area contributed by atoms with Crippen molar-refractivity contribution in [3.8, 4) is 5.75 Å². The summed E-state index contributed by atoms with van der Waals surface area (Å²) in [5, 5.41) is 3.52. The van der Waals surface area contributed by atoms with Crippen LogP contribution in [-0.4, -0.2) is 37.8 Å². The van der Waals surface area contributed by atoms with Crippen molar-refractivity contribution in [2.24, 2.45) is 0 Å². The first kappa shape index (κ1) is 22.1. The van der Waals surface area contributed by atoms with Gasteiger partial charge in [-0.15, -0.1) is 0 Å². The van der Waals surface area contributed by atoms with Crippen LogP contribution in [0.4, 0.5) is 0 Å². The van der Waals surface area contributed by atoms with Crippen molar-refractivity contribution in [2.45, 2.75) is 55.1 Å². The predicted molar refractivity (Wildman–Crippen MR) is 120 cm³/mol. The van der Waals surface area contributed by atoms with Crippen LogP contribution in [0.1, 0.15) is 50.1 Å². The second kappa shape index (κ2) is 8.81. The van der Waals surface area contributed by atoms with E-state index < -0.39 is 10.0 Å². The Morgan fingerprint density at radius 2 is 1.81 bits per heavy atom. The Hall–Kier alpha value is -2.09. The van der Waals surface area contributed by atoms with E-state index in [-0.39, 0.29) is 29.0 Å². The van der Waals surface area contributed by atoms with E-state index in [2.05, 4.69) is 5.32 Å². The third-order valence-corrected chi connectivity index (χ3v) is 8.25. The van der Waals surface area contributed by atoms with Crippen molar-refractivity contribution in [2.75, 3.05) is 13.6 Å². The number of amides is 1. The Kier molecular flexibility index (Phi) is 6.28. The fraction of sp³-hybridized carbons (Fsp3) is 0.435. The molecule has 2 aromatic carbocycles. The normalized spacial score (nSPS) is 20.2. The molecule has 0 bridgehead atoms. The number of carbonyl (C=O) groups is 1. The lowest BCUT2D eigenvalue weighted by Crippen LogP contribution is -2.48. The van der Waals surface area contributed by atoms with Crippen LogP contribution in [0, 0.1) is 0 Å². The largest absolute Gasteiger partial charge is 0.487 e. The molecule has 4 rings (SSSR count). The minimum atomic E-state index is -3.79. The molecule has 0 saturated heterocycles. The Morgan fingerprint density at radius 1 is 1.13 bits per heavy atom. The number of ether oxygens (including phenoxy) is 1. The Bertz CT molecular complexity index is 1050. The smallest absolute Gasteiger partial charge is 0.243 e. The first-order valence-electron chi connectivity index (χ1n) is 10.6. The van der Waals surface area contributed by atoms with Crippen LogP contribution in [0.25, 0.3) is 0 Å². The highest BCUT2D eigenvalue weighted by molar-refractivity contribution is 7.89. The molecular weight excluding hydrogens is 436 g/mol. The molecule has 0 aromatic heterocycles. The fourth-order valence-corrected chi connectivity index (χ4v) is 5.82. The highest BCUT2D eigenvalue weighted by atomic mass is 35.5. The zero-order valence-electron chi connectivity index (χ0n) is 17.5. The third-order valence-electron chi connectivity index (χ3n) is 6.19. The monoisotopic (exact) mass is 462 g/mol. The maximum atomic E-state index is 12.9. The predicted octanol–water partition coefficient (Wildman–Crippen LogP) is 4.30. The van der Waals surface area contributed by atoms with Gasteiger partial charge in [0.05, 0.1) is 17.5 Å². The van der Waals surface area contributed by atoms with Crippen molar-refractivity contribution in [1.29, 1.82) is 0 Å². The summed E-state index contributed by atoms with van der Waals surface area (Å²) in [7, 11) is -2.38. The average Bonchev–Trinajstić information content (AvgIpc) is 2.74. The molecule has 0 unspecified atom stereocenters. The number of rotatable bonds is 5. The molecule has 2 aliphatic rings. The average molecular weight is 463 g/mol. The molecule has 31 heavy (non-hydrogen) atoms. The molecule has 1 heterocycles. The number of benzene rings is 2. The van der Waals surface area contributed by atoms with Crippen molar-refractivity contribution < 1.29 is 17.9 Å². The molecule has 8 heteroatoms. The van der Waals surface area contributed by atoms with Gasteiger partial charge >= 0.3 is 0 Å². The van der Waals surface area contributed by atoms with E-state index >= 15 is 0 Å². The van der Waals surface area contributed by atoms with Crippen molar-refractivity contribution in [3.63, 3.8) is 0 Å². The minimum absolute atomic E-state index is 0.102. The fourth-order valence-electron chi connectivity index (χ4n) is 4.56. The van der Waals surface area contributed by atoms with Crippen LogP contribution in [-0.2, 0) is 14.8 Å². The van der Waals surface area contributed by atoms with Gasteiger partial charge in [-0.05, 0) is 56.0 Å². The van der Waals surface area contributed by atoms with Gasteiger partial charge in [0.1, 0.15) is 11.4 Å². The quantitative estimate of drug-likeness (QED) is 0.718. The standard InChI is InChI=1S/C23H27ClN2O4S/c1-26(31(28,29)18-11-9-17(24)10-12-18)16-22(27)25-20-15-23(13-5-2-6-14-23)30-21-8-4-3-7-19(20)21/h3-4,7-12,20H,2,5-6,13-16H2,1H3,(H,25,27)/t20-/m0/s1. The highest BCUT2D eigenvalue weighted by Gasteiger charge is 2.42. The number of nitrogens with one attached hydrogen (secondary N) is 1. The summed E-state index contributed by atoms with van der Waals surface area (Å²) in [5.41, 5.74) is 0.682. The van der Waals surface area contributed by atoms with E-state index in [0.717, 1.165) is 41.3 Å². The highest BCUT2D eigenvalue weighted by Crippen LogP contribution is 2.46. The number of likely N-dealkylation sites (N-methyl/N-ethyl adjacent to an activating group) is 1. The molecule has 0 radical (unpaired) electrons. The summed E-state index contributed by atoms with van der Waals surface area (Å²) in [5.74, 6) is 0.468. The van der Waals surface area contributed by atoms with Gasteiger partial charge < -0.3 is 10.1 Å². The number of fused-ring (bicyclic) bond motifs is 1. The number of sulfonamides is 1. The maximum absolute atomic E-state index is 12.9. The molecule has 166 valence electrons. The Balaban J connectivity index is 1.49. The minimum Gasteiger partial charge on any atom is -0.487 e. The van der Waals surface area contributed by atoms with Crippen LogP contribution in [0.2, 0.25) is 5.02 Å². The van der Waals surface area contributed by atoms with Gasteiger partial charge in [-0.1, -0.05) is 36.2 Å². The van der Waals surface area contributed by atoms with Crippen molar-refractivity contribution >= 4 is 27.5 Å². The molecule has 1 fully saturated rings. The first-order valence-corrected chi connectivity index (χ1v) is 12.4. The summed E-state index contributed by atoms with van der Waals surface area (Å²) in [6.45, 7) is -0.266. The first-order chi connectivity index (χ1) is 14.8. The van der Waals surface area contributed by atoms with Gasteiger partial charge in [-0.3, -0.25) is 4.79 Å². The lowest BCUT2D eigenvalue weighted by atomic mass is 9.77. The van der Waals surface area contributed by atoms with E-state index in [1.807, 2.05) is 24.3 Å². The zero-order valence-corrected chi connectivity index (χ0v) is 19.1. The van der Waals surface area contributed by atoms with Crippen LogP contribution in [0.3, 0.4) is 0 Å². The molecule has 1 aliphatic heterocycles. The summed E-state index contributed by atoms with van der Waals surface area (Å²) in [4.78, 5) is 13.0. The Morgan fingerprint density at radius 3 is 2.52 bits per heavy atom. The molecule has 1 atom stereocenters. The second-order valence-corrected chi connectivity index (χ2v) is 10.9. The van der Waals surface area contributed by atoms with E-state index in [1.165, 1.54) is 37.7 Å². The third kappa shape index (κ3) is 4.73. The van der Waals surface area contributed by atoms with Gasteiger partial charge in [0.25, 0.3) is 0 Å². The summed E-state index contributed by atoms with van der Waals surface area (Å²) in [6, 6.07) is 13.5. The molecule has 1 N–H and O–H groups in total. The van der Waals surface area contributed by atoms with Crippen LogP contribution in [0.15, 0.2) is 53.4 Å². The number of para-hydroxylation sites is 1. The number of halogens is 1. The molecule has 1 spiro atoms. The lowest BCUT2D eigenvalue weighted by molar-refractivity contribution is -0.122. The van der Waals surface area contributed by atoms with Crippen LogP contribution >= 0.6 is 11.6 Å². The SMILES string of the molecule is CN(CC(=O)N[C@H]1CC2(CCCCC2)Oc2ccccc21)S(=O)(=O)c1ccc(Cl)cc1. The lowest BCUT2D eigenvalue weighted by Gasteiger charge is -2.44. The van der Waals surface area contributed by atoms with Gasteiger partial charge in [0.15, 0.2) is 0 Å². The van der Waals surface area contributed by atoms with E-state index in [9.17, 15) is 13.2 Å². The number of carbonyl (C=O) groups excluding carboxylic acids is 1. The second-order valence-electron chi connectivity index (χ2n) is 8.42. The number of hydrogen-bond donors (Lipinski definition) is 1. The maximum Gasteiger partial charge on any atom is 0.243 e. The molecule has 6 nitrogen and oxygen atoms in total. The van der Waals surface area contributed by atoms with E-state index in [0.29, 0.717) is 11.4 Å². The van der Waals surface area contributed by atoms with Gasteiger partial charge in [0.2, 0.25) is 15.9 Å². The number of hydrogen-bond acceptors (Lipinski definition) is 4. The summed E-state index contributed by atoms with van der Waals surface area (Å²) < 4.78 is 33.1. The molecule has 1 aliphatic carbocycles. The van der Waals surface area contributed by atoms with Crippen molar-refractivity contribution in [3.05, 3.63) is 59.1 Å². The summed E-state index contributed by atoms with van der Waals surface area (Å²) in [6.07, 6.45) is 6.08. The van der Waals surface area contributed by atoms with Crippen LogP contribution < -0.4 is 10.1 Å². The van der Waals surface area contributed by atoms with Gasteiger partial charge in [0, 0.05) is 24.1 Å². The molecule has 1 amide bonds. The van der Waals surface area contributed by atoms with Crippen LogP contribution in [0.5, 0.6) is 5.75 Å². The topological polar surface area (TPSA) is 75.7 Å². The van der Waals surface area contributed by atoms with Gasteiger partial charge in [-0.25, -0.2) is 8.42 Å².